The van der Waals surface area contributed by atoms with Crippen molar-refractivity contribution >= 4 is 27.7 Å². The van der Waals surface area contributed by atoms with E-state index in [1.165, 1.54) is 17.8 Å². The third kappa shape index (κ3) is 2.42. The summed E-state index contributed by atoms with van der Waals surface area (Å²) in [5, 5.41) is 2.00. The molecule has 0 bridgehead atoms. The quantitative estimate of drug-likeness (QED) is 0.610. The van der Waals surface area contributed by atoms with Gasteiger partial charge in [0.15, 0.2) is 0 Å². The Labute approximate surface area is 114 Å². The molecule has 1 aliphatic rings. The van der Waals surface area contributed by atoms with Crippen molar-refractivity contribution in [3.05, 3.63) is 18.0 Å². The second-order valence-electron chi connectivity index (χ2n) is 4.28. The fraction of sp³-hybridized carbons (Fsp3) is 0.300. The van der Waals surface area contributed by atoms with E-state index < -0.39 is 40.8 Å². The lowest BCUT2D eigenvalue weighted by Crippen LogP contribution is -2.53. The van der Waals surface area contributed by atoms with Gasteiger partial charge in [0, 0.05) is 13.2 Å². The monoisotopic (exact) mass is 300 g/mol. The highest BCUT2D eigenvalue weighted by Crippen LogP contribution is 2.19. The molecule has 1 aromatic rings. The number of sulfonamides is 1. The molecular formula is C10H12N4O5S. The molecule has 0 aliphatic carbocycles. The van der Waals surface area contributed by atoms with Crippen LogP contribution < -0.4 is 11.1 Å². The maximum absolute atomic E-state index is 12.3. The zero-order valence-electron chi connectivity index (χ0n) is 10.5. The molecular weight excluding hydrogens is 288 g/mol. The van der Waals surface area contributed by atoms with Crippen molar-refractivity contribution in [2.45, 2.75) is 4.90 Å². The minimum Gasteiger partial charge on any atom is -0.364 e. The van der Waals surface area contributed by atoms with Gasteiger partial charge in [0.05, 0.1) is 13.1 Å². The van der Waals surface area contributed by atoms with Gasteiger partial charge in [-0.3, -0.25) is 19.7 Å². The van der Waals surface area contributed by atoms with Gasteiger partial charge in [0.2, 0.25) is 21.8 Å². The van der Waals surface area contributed by atoms with Crippen LogP contribution >= 0.6 is 0 Å². The van der Waals surface area contributed by atoms with Gasteiger partial charge in [-0.25, -0.2) is 8.42 Å². The number of carbonyl (C=O) groups is 3. The van der Waals surface area contributed by atoms with Gasteiger partial charge < -0.3 is 10.3 Å². The van der Waals surface area contributed by atoms with Gasteiger partial charge in [-0.1, -0.05) is 0 Å². The van der Waals surface area contributed by atoms with Crippen LogP contribution in [0.3, 0.4) is 0 Å². The van der Waals surface area contributed by atoms with E-state index in [1.807, 2.05) is 5.32 Å². The highest BCUT2D eigenvalue weighted by Gasteiger charge is 2.34. The van der Waals surface area contributed by atoms with Crippen molar-refractivity contribution in [3.63, 3.8) is 0 Å². The summed E-state index contributed by atoms with van der Waals surface area (Å²) in [6, 6.07) is 1.11. The Morgan fingerprint density at radius 3 is 2.30 bits per heavy atom. The van der Waals surface area contributed by atoms with Crippen LogP contribution in [0.15, 0.2) is 17.2 Å². The van der Waals surface area contributed by atoms with Crippen molar-refractivity contribution in [2.24, 2.45) is 12.8 Å². The van der Waals surface area contributed by atoms with Gasteiger partial charge >= 0.3 is 0 Å². The van der Waals surface area contributed by atoms with E-state index >= 15 is 0 Å². The molecule has 0 aromatic carbocycles. The number of aryl methyl sites for hydroxylation is 1. The molecule has 9 nitrogen and oxygen atoms in total. The fourth-order valence-electron chi connectivity index (χ4n) is 1.85. The zero-order chi connectivity index (χ0) is 15.1. The summed E-state index contributed by atoms with van der Waals surface area (Å²) in [7, 11) is -2.57. The van der Waals surface area contributed by atoms with Crippen LogP contribution in [0.4, 0.5) is 0 Å². The first-order valence-electron chi connectivity index (χ1n) is 5.51. The number of rotatable bonds is 3. The molecule has 3 amide bonds. The Morgan fingerprint density at radius 1 is 1.30 bits per heavy atom. The van der Waals surface area contributed by atoms with E-state index in [0.29, 0.717) is 0 Å². The second-order valence-corrected chi connectivity index (χ2v) is 6.22. The first kappa shape index (κ1) is 14.2. The summed E-state index contributed by atoms with van der Waals surface area (Å²) in [6.07, 6.45) is 1.20. The molecule has 0 atom stereocenters. The van der Waals surface area contributed by atoms with E-state index in [-0.39, 0.29) is 10.6 Å². The smallest absolute Gasteiger partial charge is 0.265 e. The summed E-state index contributed by atoms with van der Waals surface area (Å²) < 4.78 is 26.6. The van der Waals surface area contributed by atoms with E-state index in [4.69, 9.17) is 5.73 Å². The zero-order valence-corrected chi connectivity index (χ0v) is 11.3. The average Bonchev–Trinajstić information content (AvgIpc) is 2.70. The van der Waals surface area contributed by atoms with Gasteiger partial charge in [0.1, 0.15) is 10.6 Å². The topological polar surface area (TPSA) is 132 Å². The minimum atomic E-state index is -4.04. The highest BCUT2D eigenvalue weighted by molar-refractivity contribution is 7.89. The molecule has 10 heteroatoms. The van der Waals surface area contributed by atoms with E-state index in [2.05, 4.69) is 0 Å². The fourth-order valence-corrected chi connectivity index (χ4v) is 3.27. The van der Waals surface area contributed by atoms with Crippen LogP contribution in [0, 0.1) is 0 Å². The molecule has 0 spiro atoms. The average molecular weight is 300 g/mol. The van der Waals surface area contributed by atoms with Gasteiger partial charge in [0.25, 0.3) is 5.91 Å². The number of piperazine rings is 1. The molecule has 108 valence electrons. The summed E-state index contributed by atoms with van der Waals surface area (Å²) in [4.78, 5) is 33.4. The number of hydrogen-bond acceptors (Lipinski definition) is 5. The molecule has 20 heavy (non-hydrogen) atoms. The van der Waals surface area contributed by atoms with Gasteiger partial charge in [-0.2, -0.15) is 4.31 Å². The van der Waals surface area contributed by atoms with Crippen LogP contribution in [-0.4, -0.2) is 48.1 Å². The van der Waals surface area contributed by atoms with Crippen LogP contribution in [0.5, 0.6) is 0 Å². The predicted molar refractivity (Wildman–Crippen MR) is 65.8 cm³/mol. The number of hydrogen-bond donors (Lipinski definition) is 2. The normalized spacial score (nSPS) is 17.1. The number of imide groups is 1. The van der Waals surface area contributed by atoms with Crippen molar-refractivity contribution in [3.8, 4) is 0 Å². The molecule has 0 unspecified atom stereocenters. The van der Waals surface area contributed by atoms with Gasteiger partial charge in [-0.05, 0) is 6.07 Å². The maximum Gasteiger partial charge on any atom is 0.265 e. The van der Waals surface area contributed by atoms with Crippen molar-refractivity contribution in [1.82, 2.24) is 14.2 Å². The van der Waals surface area contributed by atoms with Crippen LogP contribution in [0.2, 0.25) is 0 Å². The van der Waals surface area contributed by atoms with Crippen LogP contribution in [-0.2, 0) is 26.7 Å². The van der Waals surface area contributed by atoms with Crippen molar-refractivity contribution in [1.29, 1.82) is 0 Å². The third-order valence-corrected chi connectivity index (χ3v) is 4.55. The molecule has 2 heterocycles. The number of amides is 3. The molecule has 1 saturated heterocycles. The maximum atomic E-state index is 12.3. The summed E-state index contributed by atoms with van der Waals surface area (Å²) >= 11 is 0. The third-order valence-electron chi connectivity index (χ3n) is 2.79. The van der Waals surface area contributed by atoms with E-state index in [0.717, 1.165) is 10.4 Å². The largest absolute Gasteiger partial charge is 0.364 e. The van der Waals surface area contributed by atoms with Crippen LogP contribution in [0.1, 0.15) is 10.5 Å². The predicted octanol–water partition coefficient (Wildman–Crippen LogP) is -2.23. The number of nitrogens with two attached hydrogens (primary N) is 1. The second kappa shape index (κ2) is 4.72. The number of primary amides is 1. The minimum absolute atomic E-state index is 0.0105. The highest BCUT2D eigenvalue weighted by atomic mass is 32.2. The number of aromatic nitrogens is 1. The van der Waals surface area contributed by atoms with Crippen LogP contribution in [0.25, 0.3) is 0 Å². The molecule has 0 saturated carbocycles. The molecule has 3 N–H and O–H groups in total. The SMILES string of the molecule is Cn1cc(S(=O)(=O)N2CC(=O)NC(=O)C2)cc1C(N)=O. The summed E-state index contributed by atoms with van der Waals surface area (Å²) in [5.41, 5.74) is 5.12. The Kier molecular flexibility index (Phi) is 3.36. The van der Waals surface area contributed by atoms with Gasteiger partial charge in [-0.15, -0.1) is 0 Å². The standard InChI is InChI=1S/C10H12N4O5S/c1-13-3-6(2-7(13)10(11)17)20(18,19)14-4-8(15)12-9(16)5-14/h2-3H,4-5H2,1H3,(H2,11,17)(H,12,15,16). The molecule has 2 rings (SSSR count). The first-order chi connectivity index (χ1) is 9.21. The number of carbonyl (C=O) groups excluding carboxylic acids is 3. The Morgan fingerprint density at radius 2 is 1.85 bits per heavy atom. The Hall–Kier alpha value is -2.20. The van der Waals surface area contributed by atoms with Crippen molar-refractivity contribution in [2.75, 3.05) is 13.1 Å². The number of nitrogens with one attached hydrogen (secondary N) is 1. The molecule has 0 radical (unpaired) electrons. The Balaban J connectivity index is 2.40. The van der Waals surface area contributed by atoms with E-state index in [9.17, 15) is 22.8 Å². The Bertz CT molecular complexity index is 689. The molecule has 1 fully saturated rings. The molecule has 1 aromatic heterocycles. The lowest BCUT2D eigenvalue weighted by molar-refractivity contribution is -0.134. The number of nitrogens with zero attached hydrogens (tertiary/aromatic N) is 2. The van der Waals surface area contributed by atoms with Crippen molar-refractivity contribution < 1.29 is 22.8 Å². The molecule has 1 aliphatic heterocycles. The lowest BCUT2D eigenvalue weighted by Gasteiger charge is -2.24. The summed E-state index contributed by atoms with van der Waals surface area (Å²) in [6.45, 7) is -0.899. The lowest BCUT2D eigenvalue weighted by atomic mass is 10.4. The first-order valence-corrected chi connectivity index (χ1v) is 6.95. The van der Waals surface area contributed by atoms with E-state index in [1.54, 1.807) is 0 Å². The summed E-state index contributed by atoms with van der Waals surface area (Å²) in [5.74, 6) is -2.17.